The van der Waals surface area contributed by atoms with E-state index in [-0.39, 0.29) is 49.7 Å². The number of amides is 4. The Bertz CT molecular complexity index is 1550. The van der Waals surface area contributed by atoms with Crippen LogP contribution in [0.25, 0.3) is 10.9 Å². The average molecular weight is 632 g/mol. The summed E-state index contributed by atoms with van der Waals surface area (Å²) >= 11 is 0. The summed E-state index contributed by atoms with van der Waals surface area (Å²) in [7, 11) is 1.70. The largest absolute Gasteiger partial charge is 0.490 e. The summed E-state index contributed by atoms with van der Waals surface area (Å²) in [6.07, 6.45) is 7.04. The maximum absolute atomic E-state index is 14.0. The Labute approximate surface area is 270 Å². The topological polar surface area (TPSA) is 133 Å². The molecule has 3 N–H and O–H groups in total. The van der Waals surface area contributed by atoms with Crippen LogP contribution in [0.2, 0.25) is 0 Å². The third-order valence-corrected chi connectivity index (χ3v) is 8.82. The normalized spacial score (nSPS) is 17.8. The fourth-order valence-corrected chi connectivity index (χ4v) is 6.60. The molecule has 4 amide bonds. The first kappa shape index (κ1) is 32.8. The minimum absolute atomic E-state index is 0.0757. The molecule has 0 radical (unpaired) electrons. The van der Waals surface area contributed by atoms with Crippen molar-refractivity contribution in [2.45, 2.75) is 71.0 Å². The Balaban J connectivity index is 1.32. The minimum Gasteiger partial charge on any atom is -0.490 e. The lowest BCUT2D eigenvalue weighted by Gasteiger charge is -2.37. The molecule has 2 atom stereocenters. The van der Waals surface area contributed by atoms with Gasteiger partial charge in [-0.05, 0) is 61.9 Å². The van der Waals surface area contributed by atoms with Crippen molar-refractivity contribution in [3.63, 3.8) is 0 Å². The maximum atomic E-state index is 14.0. The molecule has 2 fully saturated rings. The predicted molar refractivity (Wildman–Crippen MR) is 174 cm³/mol. The Morgan fingerprint density at radius 1 is 1.02 bits per heavy atom. The van der Waals surface area contributed by atoms with E-state index >= 15 is 0 Å². The van der Waals surface area contributed by atoms with Crippen molar-refractivity contribution in [2.24, 2.45) is 5.92 Å². The summed E-state index contributed by atoms with van der Waals surface area (Å²) in [6, 6.07) is 11.9. The van der Waals surface area contributed by atoms with Gasteiger partial charge < -0.3 is 34.9 Å². The summed E-state index contributed by atoms with van der Waals surface area (Å²) in [6.45, 7) is 4.57. The summed E-state index contributed by atoms with van der Waals surface area (Å²) in [5, 5.41) is 6.73. The van der Waals surface area contributed by atoms with Crippen molar-refractivity contribution in [3.05, 3.63) is 59.8 Å². The van der Waals surface area contributed by atoms with Crippen LogP contribution in [-0.4, -0.2) is 83.8 Å². The van der Waals surface area contributed by atoms with Gasteiger partial charge in [0.05, 0.1) is 13.2 Å². The van der Waals surface area contributed by atoms with Gasteiger partial charge in [0.1, 0.15) is 25.2 Å². The van der Waals surface area contributed by atoms with Gasteiger partial charge in [0.25, 0.3) is 0 Å². The third kappa shape index (κ3) is 7.81. The average Bonchev–Trinajstić information content (AvgIpc) is 3.46. The van der Waals surface area contributed by atoms with Crippen LogP contribution in [0.5, 0.6) is 11.5 Å². The van der Waals surface area contributed by atoms with E-state index in [2.05, 4.69) is 15.6 Å². The molecule has 5 rings (SSSR count). The highest BCUT2D eigenvalue weighted by atomic mass is 16.5. The van der Waals surface area contributed by atoms with Crippen molar-refractivity contribution in [3.8, 4) is 11.5 Å². The van der Waals surface area contributed by atoms with Crippen LogP contribution in [0.15, 0.2) is 48.7 Å². The van der Waals surface area contributed by atoms with Crippen molar-refractivity contribution in [1.82, 2.24) is 25.4 Å². The van der Waals surface area contributed by atoms with E-state index in [9.17, 15) is 19.2 Å². The van der Waals surface area contributed by atoms with Crippen molar-refractivity contribution in [2.75, 3.05) is 33.4 Å². The number of likely N-dealkylation sites (N-methyl/N-ethyl adjacent to an activating group) is 1. The number of para-hydroxylation sites is 1. The van der Waals surface area contributed by atoms with E-state index in [1.807, 2.05) is 62.5 Å². The highest BCUT2D eigenvalue weighted by molar-refractivity contribution is 5.98. The third-order valence-electron chi connectivity index (χ3n) is 8.82. The molecule has 2 heterocycles. The molecular formula is C35H45N5O6. The van der Waals surface area contributed by atoms with Gasteiger partial charge in [-0.15, -0.1) is 0 Å². The van der Waals surface area contributed by atoms with E-state index in [0.717, 1.165) is 54.1 Å². The smallest absolute Gasteiger partial charge is 0.246 e. The first-order valence-electron chi connectivity index (χ1n) is 16.3. The lowest BCUT2D eigenvalue weighted by molar-refractivity contribution is -0.148. The Kier molecular flexibility index (Phi) is 10.8. The molecule has 1 aliphatic carbocycles. The van der Waals surface area contributed by atoms with Crippen LogP contribution < -0.4 is 20.1 Å². The molecule has 1 aromatic heterocycles. The Hall–Kier alpha value is -4.54. The molecular weight excluding hydrogens is 586 g/mol. The molecule has 1 saturated heterocycles. The zero-order valence-corrected chi connectivity index (χ0v) is 27.0. The number of aromatic nitrogens is 1. The van der Waals surface area contributed by atoms with Gasteiger partial charge >= 0.3 is 0 Å². The Morgan fingerprint density at radius 2 is 1.76 bits per heavy atom. The molecule has 1 aliphatic heterocycles. The second-order valence-corrected chi connectivity index (χ2v) is 12.2. The first-order valence-corrected chi connectivity index (χ1v) is 16.3. The molecule has 0 bridgehead atoms. The van der Waals surface area contributed by atoms with Gasteiger partial charge in [0.15, 0.2) is 11.5 Å². The van der Waals surface area contributed by atoms with Crippen molar-refractivity contribution in [1.29, 1.82) is 0 Å². The van der Waals surface area contributed by atoms with Crippen molar-refractivity contribution >= 4 is 34.5 Å². The second-order valence-electron chi connectivity index (χ2n) is 12.2. The van der Waals surface area contributed by atoms with Crippen LogP contribution in [0, 0.1) is 5.92 Å². The molecule has 0 spiro atoms. The fourth-order valence-electron chi connectivity index (χ4n) is 6.60. The quantitative estimate of drug-likeness (QED) is 0.264. The van der Waals surface area contributed by atoms with Crippen LogP contribution in [0.3, 0.4) is 0 Å². The van der Waals surface area contributed by atoms with Gasteiger partial charge in [-0.2, -0.15) is 0 Å². The number of rotatable bonds is 13. The number of nitrogens with zero attached hydrogens (tertiary/aromatic N) is 2. The number of H-pyrrole nitrogens is 1. The summed E-state index contributed by atoms with van der Waals surface area (Å²) in [5.74, 6) is 0.0397. The molecule has 246 valence electrons. The van der Waals surface area contributed by atoms with Crippen LogP contribution in [0.4, 0.5) is 0 Å². The lowest BCUT2D eigenvalue weighted by atomic mass is 9.82. The molecule has 1 saturated carbocycles. The van der Waals surface area contributed by atoms with Gasteiger partial charge in [-0.25, -0.2) is 0 Å². The van der Waals surface area contributed by atoms with Gasteiger partial charge in [0, 0.05) is 37.1 Å². The SMILES string of the molecule is CCOc1ccc(CN(C)C(=O)C(Cc2c[nH]c3ccccc23)NC(=O)CN2CC(=O)NC(C3CCCCC3)C2=O)cc1OCC. The van der Waals surface area contributed by atoms with Gasteiger partial charge in [-0.1, -0.05) is 43.5 Å². The predicted octanol–water partition coefficient (Wildman–Crippen LogP) is 3.56. The molecule has 2 aromatic carbocycles. The number of carbonyl (C=O) groups is 4. The van der Waals surface area contributed by atoms with E-state index in [4.69, 9.17) is 9.47 Å². The lowest BCUT2D eigenvalue weighted by Crippen LogP contribution is -2.62. The van der Waals surface area contributed by atoms with E-state index < -0.39 is 18.0 Å². The zero-order valence-electron chi connectivity index (χ0n) is 27.0. The second kappa shape index (κ2) is 15.2. The summed E-state index contributed by atoms with van der Waals surface area (Å²) in [5.41, 5.74) is 2.66. The number of nitrogens with one attached hydrogen (secondary N) is 3. The number of piperazine rings is 1. The van der Waals surface area contributed by atoms with Gasteiger partial charge in [-0.3, -0.25) is 19.2 Å². The standard InChI is InChI=1S/C35H45N5O6/c1-4-45-29-16-15-23(17-30(29)46-5-2)20-39(3)34(43)28(18-25-19-36-27-14-10-9-13-26(25)27)37-31(41)21-40-22-32(42)38-33(35(40)44)24-11-7-6-8-12-24/h9-10,13-17,19,24,28,33,36H,4-8,11-12,18,20-22H2,1-3H3,(H,37,41)(H,38,42). The molecule has 46 heavy (non-hydrogen) atoms. The molecule has 3 aromatic rings. The van der Waals surface area contributed by atoms with Gasteiger partial charge in [0.2, 0.25) is 23.6 Å². The van der Waals surface area contributed by atoms with Crippen LogP contribution in [0.1, 0.15) is 57.1 Å². The first-order chi connectivity index (χ1) is 22.3. The Morgan fingerprint density at radius 3 is 2.52 bits per heavy atom. The molecule has 11 nitrogen and oxygen atoms in total. The van der Waals surface area contributed by atoms with E-state index in [1.54, 1.807) is 11.9 Å². The monoisotopic (exact) mass is 631 g/mol. The number of carbonyl (C=O) groups excluding carboxylic acids is 4. The van der Waals surface area contributed by atoms with Crippen LogP contribution >= 0.6 is 0 Å². The van der Waals surface area contributed by atoms with E-state index in [0.29, 0.717) is 24.7 Å². The minimum atomic E-state index is -0.909. The highest BCUT2D eigenvalue weighted by Gasteiger charge is 2.39. The van der Waals surface area contributed by atoms with E-state index in [1.165, 1.54) is 4.90 Å². The zero-order chi connectivity index (χ0) is 32.6. The number of benzene rings is 2. The molecule has 2 unspecified atom stereocenters. The maximum Gasteiger partial charge on any atom is 0.246 e. The molecule has 2 aliphatic rings. The summed E-state index contributed by atoms with van der Waals surface area (Å²) in [4.78, 5) is 59.6. The number of aromatic amines is 1. The number of hydrogen-bond donors (Lipinski definition) is 3. The van der Waals surface area contributed by atoms with Crippen molar-refractivity contribution < 1.29 is 28.7 Å². The van der Waals surface area contributed by atoms with Crippen LogP contribution in [-0.2, 0) is 32.1 Å². The molecule has 11 heteroatoms. The summed E-state index contributed by atoms with van der Waals surface area (Å²) < 4.78 is 11.4. The number of ether oxygens (including phenoxy) is 2. The fraction of sp³-hybridized carbons (Fsp3) is 0.486. The number of fused-ring (bicyclic) bond motifs is 1. The number of hydrogen-bond acceptors (Lipinski definition) is 6. The highest BCUT2D eigenvalue weighted by Crippen LogP contribution is 2.30.